The molecule has 2 amide bonds. The molecule has 35 heavy (non-hydrogen) atoms. The van der Waals surface area contributed by atoms with Crippen molar-refractivity contribution in [3.63, 3.8) is 0 Å². The number of hydrogen-bond donors (Lipinski definition) is 2. The van der Waals surface area contributed by atoms with Crippen molar-refractivity contribution in [2.45, 2.75) is 38.0 Å². The van der Waals surface area contributed by atoms with E-state index in [9.17, 15) is 31.1 Å². The molecule has 1 unspecified atom stereocenters. The van der Waals surface area contributed by atoms with Crippen molar-refractivity contribution in [2.24, 2.45) is 0 Å². The number of benzene rings is 2. The van der Waals surface area contributed by atoms with Gasteiger partial charge in [-0.2, -0.15) is 26.3 Å². The quantitative estimate of drug-likeness (QED) is 0.376. The van der Waals surface area contributed by atoms with Gasteiger partial charge >= 0.3 is 18.4 Å². The van der Waals surface area contributed by atoms with Gasteiger partial charge in [-0.15, -0.1) is 0 Å². The third-order valence-corrected chi connectivity index (χ3v) is 5.28. The molecule has 12 heteroatoms. The highest BCUT2D eigenvalue weighted by atomic mass is 19.4. The van der Waals surface area contributed by atoms with Gasteiger partial charge in [-0.25, -0.2) is 4.79 Å². The zero-order chi connectivity index (χ0) is 25.6. The second kappa shape index (κ2) is 11.1. The number of halogens is 6. The molecule has 1 aliphatic rings. The highest BCUT2D eigenvalue weighted by molar-refractivity contribution is 5.74. The maximum atomic E-state index is 12.8. The molecule has 2 aromatic carbocycles. The molecule has 0 bridgehead atoms. The zero-order valence-electron chi connectivity index (χ0n) is 18.7. The van der Waals surface area contributed by atoms with Gasteiger partial charge in [-0.3, -0.25) is 4.90 Å². The first kappa shape index (κ1) is 26.5. The Balaban J connectivity index is 1.38. The van der Waals surface area contributed by atoms with Crippen molar-refractivity contribution < 1.29 is 40.6 Å². The maximum absolute atomic E-state index is 12.8. The minimum absolute atomic E-state index is 0.0257. The first-order valence-electron chi connectivity index (χ1n) is 10.9. The van der Waals surface area contributed by atoms with Gasteiger partial charge in [-0.1, -0.05) is 19.1 Å². The Labute approximate surface area is 198 Å². The minimum atomic E-state index is -4.47. The largest absolute Gasteiger partial charge is 0.492 e. The van der Waals surface area contributed by atoms with E-state index in [1.165, 1.54) is 24.3 Å². The van der Waals surface area contributed by atoms with Crippen LogP contribution in [0.25, 0.3) is 0 Å². The van der Waals surface area contributed by atoms with Gasteiger partial charge in [0.2, 0.25) is 0 Å². The fraction of sp³-hybridized carbons (Fsp3) is 0.435. The Morgan fingerprint density at radius 1 is 1.00 bits per heavy atom. The molecule has 0 aromatic heterocycles. The van der Waals surface area contributed by atoms with Crippen LogP contribution in [0.5, 0.6) is 11.5 Å². The Bertz CT molecular complexity index is 993. The number of nitrogens with one attached hydrogen (secondary N) is 2. The summed E-state index contributed by atoms with van der Waals surface area (Å²) in [6, 6.07) is 8.64. The van der Waals surface area contributed by atoms with Crippen molar-refractivity contribution in [1.82, 2.24) is 15.5 Å². The highest BCUT2D eigenvalue weighted by Gasteiger charge is 2.35. The fourth-order valence-electron chi connectivity index (χ4n) is 3.49. The monoisotopic (exact) mass is 505 g/mol. The highest BCUT2D eigenvalue weighted by Crippen LogP contribution is 2.32. The predicted octanol–water partition coefficient (Wildman–Crippen LogP) is 4.90. The third kappa shape index (κ3) is 7.67. The summed E-state index contributed by atoms with van der Waals surface area (Å²) in [4.78, 5) is 14.1. The van der Waals surface area contributed by atoms with E-state index in [0.717, 1.165) is 24.3 Å². The van der Waals surface area contributed by atoms with Gasteiger partial charge in [0, 0.05) is 13.1 Å². The number of likely N-dealkylation sites (tertiary alicyclic amines) is 1. The van der Waals surface area contributed by atoms with Gasteiger partial charge in [0.15, 0.2) is 0 Å². The first-order valence-corrected chi connectivity index (χ1v) is 10.9. The summed E-state index contributed by atoms with van der Waals surface area (Å²) < 4.78 is 87.6. The summed E-state index contributed by atoms with van der Waals surface area (Å²) in [5.74, 6) is 0.171. The van der Waals surface area contributed by atoms with E-state index in [-0.39, 0.29) is 36.9 Å². The van der Waals surface area contributed by atoms with Crippen molar-refractivity contribution >= 4 is 6.03 Å². The molecule has 0 saturated carbocycles. The van der Waals surface area contributed by atoms with E-state index < -0.39 is 29.5 Å². The number of alkyl halides is 6. The molecular weight excluding hydrogens is 480 g/mol. The van der Waals surface area contributed by atoms with Crippen LogP contribution in [-0.4, -0.2) is 49.4 Å². The molecule has 192 valence electrons. The molecule has 2 N–H and O–H groups in total. The molecule has 0 radical (unpaired) electrons. The summed E-state index contributed by atoms with van der Waals surface area (Å²) in [7, 11) is 0. The van der Waals surface area contributed by atoms with Gasteiger partial charge in [0.1, 0.15) is 24.2 Å². The molecule has 3 rings (SSSR count). The number of carbonyl (C=O) groups excluding carboxylic acids is 1. The third-order valence-electron chi connectivity index (χ3n) is 5.28. The number of ether oxygens (including phenoxy) is 2. The van der Waals surface area contributed by atoms with Crippen molar-refractivity contribution in [2.75, 3.05) is 26.2 Å². The maximum Gasteiger partial charge on any atom is 0.416 e. The summed E-state index contributed by atoms with van der Waals surface area (Å²) in [6.07, 6.45) is -8.97. The topological polar surface area (TPSA) is 62.8 Å². The SMILES string of the molecule is CCC(NC(=O)NCCOc1cccc(C(F)(F)F)c1)N1CC(Oc2cccc(C(F)(F)F)c2)C1. The lowest BCUT2D eigenvalue weighted by molar-refractivity contribution is -0.138. The van der Waals surface area contributed by atoms with Crippen LogP contribution in [0.2, 0.25) is 0 Å². The van der Waals surface area contributed by atoms with Crippen LogP contribution < -0.4 is 20.1 Å². The van der Waals surface area contributed by atoms with E-state index in [0.29, 0.717) is 19.5 Å². The Morgan fingerprint density at radius 3 is 2.14 bits per heavy atom. The van der Waals surface area contributed by atoms with E-state index in [1.54, 1.807) is 0 Å². The van der Waals surface area contributed by atoms with Crippen molar-refractivity contribution in [3.05, 3.63) is 59.7 Å². The molecule has 1 fully saturated rings. The lowest BCUT2D eigenvalue weighted by Gasteiger charge is -2.43. The molecule has 1 saturated heterocycles. The molecule has 1 atom stereocenters. The summed E-state index contributed by atoms with van der Waals surface area (Å²) in [5.41, 5.74) is -1.61. The normalized spacial score (nSPS) is 15.7. The number of urea groups is 1. The minimum Gasteiger partial charge on any atom is -0.492 e. The molecule has 1 aliphatic heterocycles. The van der Waals surface area contributed by atoms with Crippen molar-refractivity contribution in [3.8, 4) is 11.5 Å². The van der Waals surface area contributed by atoms with Gasteiger partial charge in [0.25, 0.3) is 0 Å². The van der Waals surface area contributed by atoms with Gasteiger partial charge in [-0.05, 0) is 42.8 Å². The Kier molecular flexibility index (Phi) is 8.36. The van der Waals surface area contributed by atoms with Crippen LogP contribution in [0.15, 0.2) is 48.5 Å². The number of amides is 2. The lowest BCUT2D eigenvalue weighted by Crippen LogP contribution is -2.63. The van der Waals surface area contributed by atoms with Crippen LogP contribution in [0.4, 0.5) is 31.1 Å². The standard InChI is InChI=1S/C23H25F6N3O3/c1-2-20(32-13-19(14-32)35-18-8-4-6-16(12-18)23(27,28)29)31-21(33)30-9-10-34-17-7-3-5-15(11-17)22(24,25)26/h3-8,11-12,19-20H,2,9-10,13-14H2,1H3,(H2,30,31,33). The summed E-state index contributed by atoms with van der Waals surface area (Å²) in [5, 5.41) is 5.35. The molecule has 6 nitrogen and oxygen atoms in total. The van der Waals surface area contributed by atoms with Crippen LogP contribution in [-0.2, 0) is 12.4 Å². The number of nitrogens with zero attached hydrogens (tertiary/aromatic N) is 1. The van der Waals surface area contributed by atoms with E-state index in [2.05, 4.69) is 10.6 Å². The Morgan fingerprint density at radius 2 is 1.57 bits per heavy atom. The predicted molar refractivity (Wildman–Crippen MR) is 115 cm³/mol. The summed E-state index contributed by atoms with van der Waals surface area (Å²) >= 11 is 0. The number of carbonyl (C=O) groups is 1. The van der Waals surface area contributed by atoms with Crippen LogP contribution in [0, 0.1) is 0 Å². The average Bonchev–Trinajstić information content (AvgIpc) is 2.77. The number of rotatable bonds is 9. The molecule has 0 spiro atoms. The van der Waals surface area contributed by atoms with E-state index in [4.69, 9.17) is 9.47 Å². The van der Waals surface area contributed by atoms with Crippen molar-refractivity contribution in [1.29, 1.82) is 0 Å². The second-order valence-electron chi connectivity index (χ2n) is 7.92. The fourth-order valence-corrected chi connectivity index (χ4v) is 3.49. The molecular formula is C23H25F6N3O3. The second-order valence-corrected chi connectivity index (χ2v) is 7.92. The number of hydrogen-bond acceptors (Lipinski definition) is 4. The smallest absolute Gasteiger partial charge is 0.416 e. The van der Waals surface area contributed by atoms with E-state index >= 15 is 0 Å². The average molecular weight is 505 g/mol. The molecule has 1 heterocycles. The Hall–Kier alpha value is -3.15. The first-order chi connectivity index (χ1) is 16.5. The van der Waals surface area contributed by atoms with Gasteiger partial charge < -0.3 is 20.1 Å². The molecule has 0 aliphatic carbocycles. The van der Waals surface area contributed by atoms with E-state index in [1.807, 2.05) is 11.8 Å². The van der Waals surface area contributed by atoms with Crippen LogP contribution in [0.3, 0.4) is 0 Å². The van der Waals surface area contributed by atoms with Crippen LogP contribution >= 0.6 is 0 Å². The van der Waals surface area contributed by atoms with Crippen LogP contribution in [0.1, 0.15) is 24.5 Å². The summed E-state index contributed by atoms with van der Waals surface area (Å²) in [6.45, 7) is 2.76. The van der Waals surface area contributed by atoms with Gasteiger partial charge in [0.05, 0.1) is 23.8 Å². The molecule has 2 aromatic rings. The zero-order valence-corrected chi connectivity index (χ0v) is 18.7. The lowest BCUT2D eigenvalue weighted by atomic mass is 10.1.